The van der Waals surface area contributed by atoms with E-state index < -0.39 is 0 Å². The Bertz CT molecular complexity index is 298. The second-order valence-electron chi connectivity index (χ2n) is 4.34. The monoisotopic (exact) mass is 208 g/mol. The first-order valence-corrected chi connectivity index (χ1v) is 5.42. The molecular formula is C11H20N4. The van der Waals surface area contributed by atoms with Crippen LogP contribution in [0.25, 0.3) is 0 Å². The van der Waals surface area contributed by atoms with E-state index in [9.17, 15) is 0 Å². The molecule has 0 saturated heterocycles. The zero-order chi connectivity index (χ0) is 11.3. The Hall–Kier alpha value is -1.32. The molecule has 0 saturated carbocycles. The molecule has 0 aliphatic carbocycles. The van der Waals surface area contributed by atoms with Crippen molar-refractivity contribution < 1.29 is 0 Å². The van der Waals surface area contributed by atoms with Gasteiger partial charge in [0, 0.05) is 12.1 Å². The maximum atomic E-state index is 5.57. The lowest BCUT2D eigenvalue weighted by atomic mass is 10.0. The fourth-order valence-corrected chi connectivity index (χ4v) is 1.36. The van der Waals surface area contributed by atoms with E-state index in [2.05, 4.69) is 36.1 Å². The quantitative estimate of drug-likeness (QED) is 0.779. The van der Waals surface area contributed by atoms with Crippen molar-refractivity contribution in [3.8, 4) is 0 Å². The Morgan fingerprint density at radius 1 is 1.27 bits per heavy atom. The fourth-order valence-electron chi connectivity index (χ4n) is 1.36. The zero-order valence-corrected chi connectivity index (χ0v) is 9.70. The predicted octanol–water partition coefficient (Wildman–Crippen LogP) is 2.30. The van der Waals surface area contributed by atoms with Crippen LogP contribution in [0.2, 0.25) is 0 Å². The van der Waals surface area contributed by atoms with Crippen molar-refractivity contribution in [2.45, 2.75) is 39.7 Å². The first kappa shape index (κ1) is 11.8. The van der Waals surface area contributed by atoms with E-state index in [0.29, 0.717) is 11.9 Å². The van der Waals surface area contributed by atoms with Gasteiger partial charge in [0.25, 0.3) is 0 Å². The molecule has 0 spiro atoms. The van der Waals surface area contributed by atoms with Crippen molar-refractivity contribution >= 4 is 11.6 Å². The number of rotatable bonds is 5. The van der Waals surface area contributed by atoms with Crippen LogP contribution in [0.5, 0.6) is 0 Å². The van der Waals surface area contributed by atoms with Crippen LogP contribution in [0.3, 0.4) is 0 Å². The molecule has 0 aliphatic heterocycles. The molecular weight excluding hydrogens is 188 g/mol. The molecule has 1 heterocycles. The lowest BCUT2D eigenvalue weighted by Gasteiger charge is -2.15. The third-order valence-electron chi connectivity index (χ3n) is 2.26. The summed E-state index contributed by atoms with van der Waals surface area (Å²) < 4.78 is 0. The Morgan fingerprint density at radius 2 is 2.00 bits per heavy atom. The summed E-state index contributed by atoms with van der Waals surface area (Å²) in [6.07, 6.45) is 3.84. The van der Waals surface area contributed by atoms with Gasteiger partial charge in [0.1, 0.15) is 18.0 Å². The third kappa shape index (κ3) is 4.63. The lowest BCUT2D eigenvalue weighted by molar-refractivity contribution is 0.527. The Kier molecular flexibility index (Phi) is 4.34. The number of nitrogen functional groups attached to an aromatic ring is 1. The van der Waals surface area contributed by atoms with E-state index >= 15 is 0 Å². The molecule has 4 nitrogen and oxygen atoms in total. The molecule has 1 atom stereocenters. The Balaban J connectivity index is 2.40. The van der Waals surface area contributed by atoms with E-state index in [1.165, 1.54) is 12.7 Å². The molecule has 0 aliphatic rings. The molecule has 4 heteroatoms. The van der Waals surface area contributed by atoms with Gasteiger partial charge in [-0.05, 0) is 25.7 Å². The minimum Gasteiger partial charge on any atom is -0.384 e. The van der Waals surface area contributed by atoms with Gasteiger partial charge in [-0.15, -0.1) is 0 Å². The number of nitrogens with two attached hydrogens (primary N) is 1. The van der Waals surface area contributed by atoms with Crippen molar-refractivity contribution in [1.29, 1.82) is 0 Å². The van der Waals surface area contributed by atoms with Gasteiger partial charge in [0.15, 0.2) is 0 Å². The molecule has 3 N–H and O–H groups in total. The van der Waals surface area contributed by atoms with Crippen LogP contribution in [0.1, 0.15) is 33.6 Å². The summed E-state index contributed by atoms with van der Waals surface area (Å²) in [4.78, 5) is 7.95. The van der Waals surface area contributed by atoms with Gasteiger partial charge < -0.3 is 11.1 Å². The summed E-state index contributed by atoms with van der Waals surface area (Å²) in [7, 11) is 0. The number of aromatic nitrogens is 2. The topological polar surface area (TPSA) is 63.8 Å². The third-order valence-corrected chi connectivity index (χ3v) is 2.26. The summed E-state index contributed by atoms with van der Waals surface area (Å²) >= 11 is 0. The number of hydrogen-bond donors (Lipinski definition) is 2. The summed E-state index contributed by atoms with van der Waals surface area (Å²) in [6.45, 7) is 6.62. The van der Waals surface area contributed by atoms with Crippen LogP contribution in [0, 0.1) is 5.92 Å². The molecule has 0 aromatic carbocycles. The van der Waals surface area contributed by atoms with Crippen LogP contribution in [0.15, 0.2) is 12.4 Å². The number of hydrogen-bond acceptors (Lipinski definition) is 4. The summed E-state index contributed by atoms with van der Waals surface area (Å²) in [5, 5.41) is 3.31. The second-order valence-corrected chi connectivity index (χ2v) is 4.34. The highest BCUT2D eigenvalue weighted by Gasteiger charge is 2.04. The second kappa shape index (κ2) is 5.53. The smallest absolute Gasteiger partial charge is 0.131 e. The first-order valence-electron chi connectivity index (χ1n) is 5.42. The maximum absolute atomic E-state index is 5.57. The minimum atomic E-state index is 0.418. The van der Waals surface area contributed by atoms with Crippen molar-refractivity contribution in [2.75, 3.05) is 11.1 Å². The molecule has 84 valence electrons. The molecule has 15 heavy (non-hydrogen) atoms. The average molecular weight is 208 g/mol. The maximum Gasteiger partial charge on any atom is 0.131 e. The zero-order valence-electron chi connectivity index (χ0n) is 9.70. The van der Waals surface area contributed by atoms with E-state index in [0.717, 1.165) is 18.2 Å². The van der Waals surface area contributed by atoms with Crippen molar-refractivity contribution in [1.82, 2.24) is 9.97 Å². The summed E-state index contributed by atoms with van der Waals surface area (Å²) in [6, 6.07) is 2.17. The Labute approximate surface area is 91.3 Å². The standard InChI is InChI=1S/C11H20N4/c1-8(2)4-5-9(3)15-11-6-10(12)13-7-14-11/h6-9H,4-5H2,1-3H3,(H3,12,13,14,15). The van der Waals surface area contributed by atoms with Gasteiger partial charge in [-0.2, -0.15) is 0 Å². The van der Waals surface area contributed by atoms with Crippen molar-refractivity contribution in [3.05, 3.63) is 12.4 Å². The van der Waals surface area contributed by atoms with Crippen LogP contribution >= 0.6 is 0 Å². The highest BCUT2D eigenvalue weighted by molar-refractivity contribution is 5.43. The lowest BCUT2D eigenvalue weighted by Crippen LogP contribution is -2.16. The fraction of sp³-hybridized carbons (Fsp3) is 0.636. The SMILES string of the molecule is CC(C)CCC(C)Nc1cc(N)ncn1. The number of anilines is 2. The highest BCUT2D eigenvalue weighted by Crippen LogP contribution is 2.11. The van der Waals surface area contributed by atoms with E-state index in [1.807, 2.05) is 0 Å². The van der Waals surface area contributed by atoms with E-state index in [4.69, 9.17) is 5.73 Å². The van der Waals surface area contributed by atoms with Crippen LogP contribution in [0.4, 0.5) is 11.6 Å². The molecule has 0 bridgehead atoms. The van der Waals surface area contributed by atoms with Gasteiger partial charge in [-0.1, -0.05) is 13.8 Å². The number of nitrogens with one attached hydrogen (secondary N) is 1. The van der Waals surface area contributed by atoms with Gasteiger partial charge in [0.2, 0.25) is 0 Å². The molecule has 1 rings (SSSR count). The van der Waals surface area contributed by atoms with Gasteiger partial charge >= 0.3 is 0 Å². The summed E-state index contributed by atoms with van der Waals surface area (Å²) in [5.41, 5.74) is 5.57. The Morgan fingerprint density at radius 3 is 2.60 bits per heavy atom. The molecule has 0 radical (unpaired) electrons. The van der Waals surface area contributed by atoms with Gasteiger partial charge in [0.05, 0.1) is 0 Å². The number of nitrogens with zero attached hydrogens (tertiary/aromatic N) is 2. The molecule has 1 unspecified atom stereocenters. The molecule has 1 aromatic heterocycles. The largest absolute Gasteiger partial charge is 0.384 e. The minimum absolute atomic E-state index is 0.418. The van der Waals surface area contributed by atoms with Crippen molar-refractivity contribution in [3.63, 3.8) is 0 Å². The first-order chi connectivity index (χ1) is 7.08. The van der Waals surface area contributed by atoms with Crippen LogP contribution < -0.4 is 11.1 Å². The molecule has 0 amide bonds. The molecule has 1 aromatic rings. The average Bonchev–Trinajstić information content (AvgIpc) is 2.15. The van der Waals surface area contributed by atoms with E-state index in [1.54, 1.807) is 6.07 Å². The predicted molar refractivity (Wildman–Crippen MR) is 63.6 cm³/mol. The van der Waals surface area contributed by atoms with Gasteiger partial charge in [-0.25, -0.2) is 9.97 Å². The highest BCUT2D eigenvalue weighted by atomic mass is 15.0. The molecule has 0 fully saturated rings. The normalized spacial score (nSPS) is 12.8. The van der Waals surface area contributed by atoms with E-state index in [-0.39, 0.29) is 0 Å². The van der Waals surface area contributed by atoms with Crippen molar-refractivity contribution in [2.24, 2.45) is 5.92 Å². The van der Waals surface area contributed by atoms with Gasteiger partial charge in [-0.3, -0.25) is 0 Å². The summed E-state index contributed by atoms with van der Waals surface area (Å²) in [5.74, 6) is 2.05. The van der Waals surface area contributed by atoms with Crippen LogP contribution in [-0.4, -0.2) is 16.0 Å². The van der Waals surface area contributed by atoms with Crippen LogP contribution in [-0.2, 0) is 0 Å².